The molecule has 0 aliphatic heterocycles. The van der Waals surface area contributed by atoms with Crippen molar-refractivity contribution in [1.82, 2.24) is 10.2 Å². The molecule has 0 aliphatic carbocycles. The quantitative estimate of drug-likeness (QED) is 0.724. The molecular weight excluding hydrogens is 220 g/mol. The molecule has 0 fully saturated rings. The predicted molar refractivity (Wildman–Crippen MR) is 65.3 cm³/mol. The van der Waals surface area contributed by atoms with Crippen LogP contribution in [0.25, 0.3) is 0 Å². The number of nitrogens with one attached hydrogen (secondary N) is 1. The molecule has 0 spiro atoms. The highest BCUT2D eigenvalue weighted by molar-refractivity contribution is 5.95. The number of aromatic hydroxyl groups is 2. The number of hydrogen-bond acceptors (Lipinski definition) is 4. The van der Waals surface area contributed by atoms with Gasteiger partial charge in [0.05, 0.1) is 0 Å². The third-order valence-corrected chi connectivity index (χ3v) is 2.60. The molecule has 0 aliphatic rings. The van der Waals surface area contributed by atoms with Gasteiger partial charge in [0.25, 0.3) is 5.91 Å². The summed E-state index contributed by atoms with van der Waals surface area (Å²) in [5.41, 5.74) is 0.244. The Hall–Kier alpha value is -1.75. The summed E-state index contributed by atoms with van der Waals surface area (Å²) in [5.74, 6) is -0.573. The summed E-state index contributed by atoms with van der Waals surface area (Å²) in [4.78, 5) is 13.7. The van der Waals surface area contributed by atoms with E-state index in [0.29, 0.717) is 6.54 Å². The fourth-order valence-corrected chi connectivity index (χ4v) is 1.25. The van der Waals surface area contributed by atoms with Crippen LogP contribution in [0.3, 0.4) is 0 Å². The van der Waals surface area contributed by atoms with Crippen LogP contribution >= 0.6 is 0 Å². The molecule has 0 saturated carbocycles. The molecule has 5 nitrogen and oxygen atoms in total. The highest BCUT2D eigenvalue weighted by atomic mass is 16.3. The lowest BCUT2D eigenvalue weighted by molar-refractivity contribution is 0.0943. The van der Waals surface area contributed by atoms with E-state index in [4.69, 9.17) is 0 Å². The van der Waals surface area contributed by atoms with Crippen molar-refractivity contribution in [3.05, 3.63) is 23.8 Å². The molecule has 1 aromatic rings. The van der Waals surface area contributed by atoms with Crippen LogP contribution < -0.4 is 5.32 Å². The smallest absolute Gasteiger partial charge is 0.251 e. The molecule has 94 valence electrons. The molecule has 5 heteroatoms. The molecule has 1 amide bonds. The molecule has 1 aromatic carbocycles. The van der Waals surface area contributed by atoms with Crippen LogP contribution in [0.2, 0.25) is 0 Å². The first-order valence-electron chi connectivity index (χ1n) is 5.38. The second-order valence-corrected chi connectivity index (χ2v) is 4.26. The van der Waals surface area contributed by atoms with Crippen molar-refractivity contribution in [2.24, 2.45) is 0 Å². The van der Waals surface area contributed by atoms with E-state index < -0.39 is 0 Å². The van der Waals surface area contributed by atoms with E-state index in [9.17, 15) is 15.0 Å². The van der Waals surface area contributed by atoms with Crippen LogP contribution in [-0.2, 0) is 0 Å². The van der Waals surface area contributed by atoms with E-state index in [0.717, 1.165) is 0 Å². The number of carbonyl (C=O) groups is 1. The normalized spacial score (nSPS) is 12.5. The Balaban J connectivity index is 2.64. The largest absolute Gasteiger partial charge is 0.508 e. The van der Waals surface area contributed by atoms with E-state index >= 15 is 0 Å². The first kappa shape index (κ1) is 13.3. The van der Waals surface area contributed by atoms with Gasteiger partial charge in [0, 0.05) is 24.2 Å². The van der Waals surface area contributed by atoms with E-state index in [1.54, 1.807) is 0 Å². The third kappa shape index (κ3) is 3.96. The zero-order valence-electron chi connectivity index (χ0n) is 10.3. The minimum Gasteiger partial charge on any atom is -0.508 e. The highest BCUT2D eigenvalue weighted by Gasteiger charge is 2.10. The lowest BCUT2D eigenvalue weighted by Crippen LogP contribution is -2.38. The lowest BCUT2D eigenvalue weighted by Gasteiger charge is -2.19. The molecule has 3 N–H and O–H groups in total. The van der Waals surface area contributed by atoms with Gasteiger partial charge in [0.15, 0.2) is 0 Å². The van der Waals surface area contributed by atoms with Gasteiger partial charge >= 0.3 is 0 Å². The molecule has 0 bridgehead atoms. The third-order valence-electron chi connectivity index (χ3n) is 2.60. The average molecular weight is 238 g/mol. The number of hydrogen-bond donors (Lipinski definition) is 3. The van der Waals surface area contributed by atoms with Crippen molar-refractivity contribution in [2.45, 2.75) is 13.0 Å². The van der Waals surface area contributed by atoms with Crippen LogP contribution in [0.1, 0.15) is 17.3 Å². The summed E-state index contributed by atoms with van der Waals surface area (Å²) in [6, 6.07) is 4.02. The Morgan fingerprint density at radius 1 is 1.29 bits per heavy atom. The van der Waals surface area contributed by atoms with Crippen LogP contribution in [0, 0.1) is 0 Å². The standard InChI is InChI=1S/C12H18N2O3/c1-8(14(2)3)7-13-12(17)9-4-10(15)6-11(16)5-9/h4-6,8,15-16H,7H2,1-3H3,(H,13,17). The second kappa shape index (κ2) is 5.54. The first-order chi connectivity index (χ1) is 7.90. The maximum atomic E-state index is 11.7. The van der Waals surface area contributed by atoms with Gasteiger partial charge in [0.2, 0.25) is 0 Å². The van der Waals surface area contributed by atoms with Gasteiger partial charge in [0.1, 0.15) is 11.5 Å². The fourth-order valence-electron chi connectivity index (χ4n) is 1.25. The number of carbonyl (C=O) groups excluding carboxylic acids is 1. The number of likely N-dealkylation sites (N-methyl/N-ethyl adjacent to an activating group) is 1. The molecule has 0 radical (unpaired) electrons. The van der Waals surface area contributed by atoms with Crippen LogP contribution in [-0.4, -0.2) is 47.7 Å². The lowest BCUT2D eigenvalue weighted by atomic mass is 10.2. The van der Waals surface area contributed by atoms with Crippen molar-refractivity contribution in [1.29, 1.82) is 0 Å². The Morgan fingerprint density at radius 3 is 2.29 bits per heavy atom. The second-order valence-electron chi connectivity index (χ2n) is 4.26. The molecular formula is C12H18N2O3. The molecule has 1 atom stereocenters. The summed E-state index contributed by atoms with van der Waals surface area (Å²) in [6.07, 6.45) is 0. The zero-order valence-corrected chi connectivity index (χ0v) is 10.3. The van der Waals surface area contributed by atoms with E-state index in [-0.39, 0.29) is 29.0 Å². The van der Waals surface area contributed by atoms with Crippen LogP contribution in [0.4, 0.5) is 0 Å². The number of rotatable bonds is 4. The van der Waals surface area contributed by atoms with E-state index in [2.05, 4.69) is 5.32 Å². The summed E-state index contributed by atoms with van der Waals surface area (Å²) in [7, 11) is 3.86. The maximum Gasteiger partial charge on any atom is 0.251 e. The van der Waals surface area contributed by atoms with Gasteiger partial charge in [-0.15, -0.1) is 0 Å². The molecule has 17 heavy (non-hydrogen) atoms. The molecule has 1 rings (SSSR count). The van der Waals surface area contributed by atoms with Gasteiger partial charge < -0.3 is 20.4 Å². The topological polar surface area (TPSA) is 72.8 Å². The molecule has 0 heterocycles. The average Bonchev–Trinajstić information content (AvgIpc) is 2.23. The number of benzene rings is 1. The van der Waals surface area contributed by atoms with Gasteiger partial charge in [-0.1, -0.05) is 0 Å². The van der Waals surface area contributed by atoms with Crippen molar-refractivity contribution in [2.75, 3.05) is 20.6 Å². The molecule has 1 unspecified atom stereocenters. The maximum absolute atomic E-state index is 11.7. The Bertz CT molecular complexity index is 384. The van der Waals surface area contributed by atoms with Gasteiger partial charge in [-0.2, -0.15) is 0 Å². The Morgan fingerprint density at radius 2 is 1.82 bits per heavy atom. The Labute approximate surface area is 101 Å². The first-order valence-corrected chi connectivity index (χ1v) is 5.38. The number of phenolic OH excluding ortho intramolecular Hbond substituents is 2. The van der Waals surface area contributed by atoms with Crippen LogP contribution in [0.15, 0.2) is 18.2 Å². The predicted octanol–water partition coefficient (Wildman–Crippen LogP) is 0.778. The minimum absolute atomic E-state index is 0.129. The minimum atomic E-state index is -0.315. The number of amides is 1. The zero-order chi connectivity index (χ0) is 13.0. The monoisotopic (exact) mass is 238 g/mol. The number of nitrogens with zero attached hydrogens (tertiary/aromatic N) is 1. The highest BCUT2D eigenvalue weighted by Crippen LogP contribution is 2.20. The SMILES string of the molecule is CC(CNC(=O)c1cc(O)cc(O)c1)N(C)C. The van der Waals surface area contributed by atoms with E-state index in [1.807, 2.05) is 25.9 Å². The van der Waals surface area contributed by atoms with Crippen molar-refractivity contribution in [3.63, 3.8) is 0 Å². The van der Waals surface area contributed by atoms with E-state index in [1.165, 1.54) is 18.2 Å². The van der Waals surface area contributed by atoms with Crippen molar-refractivity contribution >= 4 is 5.91 Å². The van der Waals surface area contributed by atoms with Gasteiger partial charge in [-0.05, 0) is 33.2 Å². The summed E-state index contributed by atoms with van der Waals surface area (Å²) in [6.45, 7) is 2.49. The summed E-state index contributed by atoms with van der Waals surface area (Å²) < 4.78 is 0. The van der Waals surface area contributed by atoms with Gasteiger partial charge in [-0.3, -0.25) is 4.79 Å². The fraction of sp³-hybridized carbons (Fsp3) is 0.417. The Kier molecular flexibility index (Phi) is 4.34. The summed E-state index contributed by atoms with van der Waals surface area (Å²) in [5, 5.41) is 21.3. The van der Waals surface area contributed by atoms with Crippen molar-refractivity contribution in [3.8, 4) is 11.5 Å². The molecule has 0 saturated heterocycles. The van der Waals surface area contributed by atoms with Gasteiger partial charge in [-0.25, -0.2) is 0 Å². The number of phenols is 2. The molecule has 0 aromatic heterocycles. The van der Waals surface area contributed by atoms with Crippen LogP contribution in [0.5, 0.6) is 11.5 Å². The van der Waals surface area contributed by atoms with Crippen molar-refractivity contribution < 1.29 is 15.0 Å². The summed E-state index contributed by atoms with van der Waals surface area (Å²) >= 11 is 0.